The van der Waals surface area contributed by atoms with E-state index in [1.54, 1.807) is 0 Å². The first-order valence-corrected chi connectivity index (χ1v) is 4.52. The lowest BCUT2D eigenvalue weighted by atomic mass is 10.3. The van der Waals surface area contributed by atoms with E-state index in [9.17, 15) is 0 Å². The van der Waals surface area contributed by atoms with Gasteiger partial charge in [-0.25, -0.2) is 0 Å². The number of rotatable bonds is 8. The van der Waals surface area contributed by atoms with Crippen molar-refractivity contribution in [1.29, 1.82) is 0 Å². The van der Waals surface area contributed by atoms with Gasteiger partial charge in [0.15, 0.2) is 0 Å². The van der Waals surface area contributed by atoms with E-state index in [1.807, 2.05) is 7.05 Å². The zero-order chi connectivity index (χ0) is 8.36. The Morgan fingerprint density at radius 3 is 2.18 bits per heavy atom. The number of hydrogen-bond acceptors (Lipinski definition) is 3. The third kappa shape index (κ3) is 9.88. The van der Waals surface area contributed by atoms with E-state index in [-0.39, 0.29) is 0 Å². The van der Waals surface area contributed by atoms with Crippen molar-refractivity contribution < 1.29 is 0 Å². The Hall–Kier alpha value is -0.120. The highest BCUT2D eigenvalue weighted by atomic mass is 15.3. The summed E-state index contributed by atoms with van der Waals surface area (Å²) in [5.41, 5.74) is 6.31. The molecular formula is C8H21N3. The molecule has 3 heteroatoms. The fourth-order valence-electron chi connectivity index (χ4n) is 0.817. The molecule has 0 aromatic heterocycles. The lowest BCUT2D eigenvalue weighted by molar-refractivity contribution is 0.507. The van der Waals surface area contributed by atoms with Gasteiger partial charge >= 0.3 is 0 Å². The van der Waals surface area contributed by atoms with Gasteiger partial charge in [0.05, 0.1) is 0 Å². The fraction of sp³-hybridized carbons (Fsp3) is 1.00. The van der Waals surface area contributed by atoms with Crippen LogP contribution >= 0.6 is 0 Å². The van der Waals surface area contributed by atoms with Crippen molar-refractivity contribution in [2.75, 3.05) is 26.7 Å². The van der Waals surface area contributed by atoms with Gasteiger partial charge in [-0.2, -0.15) is 0 Å². The number of hydrogen-bond donors (Lipinski definition) is 3. The summed E-state index contributed by atoms with van der Waals surface area (Å²) in [6, 6.07) is 0. The normalized spacial score (nSPS) is 10.4. The Labute approximate surface area is 69.9 Å². The standard InChI is InChI=1S/C8H21N3/c1-3-6-10-11-8-5-4-7-9-2/h9-11H,3-8H2,1-2H3. The van der Waals surface area contributed by atoms with Crippen molar-refractivity contribution in [2.45, 2.75) is 26.2 Å². The summed E-state index contributed by atoms with van der Waals surface area (Å²) in [4.78, 5) is 0. The third-order valence-corrected chi connectivity index (χ3v) is 1.48. The molecule has 11 heavy (non-hydrogen) atoms. The van der Waals surface area contributed by atoms with Gasteiger partial charge in [0.1, 0.15) is 0 Å². The first-order chi connectivity index (χ1) is 5.41. The minimum absolute atomic E-state index is 1.06. The highest BCUT2D eigenvalue weighted by Gasteiger charge is 1.85. The highest BCUT2D eigenvalue weighted by molar-refractivity contribution is 4.45. The summed E-state index contributed by atoms with van der Waals surface area (Å²) < 4.78 is 0. The fourth-order valence-corrected chi connectivity index (χ4v) is 0.817. The van der Waals surface area contributed by atoms with Crippen molar-refractivity contribution in [3.05, 3.63) is 0 Å². The third-order valence-electron chi connectivity index (χ3n) is 1.48. The molecule has 3 N–H and O–H groups in total. The lowest BCUT2D eigenvalue weighted by Gasteiger charge is -2.04. The Morgan fingerprint density at radius 1 is 0.909 bits per heavy atom. The molecule has 68 valence electrons. The molecule has 0 saturated heterocycles. The molecule has 0 bridgehead atoms. The van der Waals surface area contributed by atoms with Gasteiger partial charge in [-0.05, 0) is 32.9 Å². The lowest BCUT2D eigenvalue weighted by Crippen LogP contribution is -2.33. The molecule has 0 amide bonds. The van der Waals surface area contributed by atoms with Crippen molar-refractivity contribution in [1.82, 2.24) is 16.2 Å². The molecule has 0 aliphatic rings. The van der Waals surface area contributed by atoms with Crippen LogP contribution < -0.4 is 16.2 Å². The van der Waals surface area contributed by atoms with E-state index in [1.165, 1.54) is 19.3 Å². The molecule has 0 saturated carbocycles. The second kappa shape index (κ2) is 9.88. The van der Waals surface area contributed by atoms with Crippen molar-refractivity contribution in [3.63, 3.8) is 0 Å². The van der Waals surface area contributed by atoms with E-state index in [4.69, 9.17) is 0 Å². The van der Waals surface area contributed by atoms with Crippen LogP contribution in [0.5, 0.6) is 0 Å². The largest absolute Gasteiger partial charge is 0.320 e. The maximum absolute atomic E-state index is 3.17. The summed E-state index contributed by atoms with van der Waals surface area (Å²) in [5.74, 6) is 0. The van der Waals surface area contributed by atoms with E-state index in [0.717, 1.165) is 19.6 Å². The Bertz CT molecular complexity index is 58.4. The number of hydrazine groups is 1. The molecule has 0 atom stereocenters. The monoisotopic (exact) mass is 159 g/mol. The van der Waals surface area contributed by atoms with Crippen LogP contribution in [0.2, 0.25) is 0 Å². The van der Waals surface area contributed by atoms with Crippen LogP contribution in [0.15, 0.2) is 0 Å². The van der Waals surface area contributed by atoms with Crippen LogP contribution in [0.3, 0.4) is 0 Å². The van der Waals surface area contributed by atoms with Crippen LogP contribution in [0.1, 0.15) is 26.2 Å². The van der Waals surface area contributed by atoms with Crippen molar-refractivity contribution >= 4 is 0 Å². The Kier molecular flexibility index (Phi) is 9.77. The summed E-state index contributed by atoms with van der Waals surface area (Å²) in [6.07, 6.45) is 3.67. The van der Waals surface area contributed by atoms with Crippen LogP contribution in [0.25, 0.3) is 0 Å². The minimum atomic E-state index is 1.06. The molecule has 0 rings (SSSR count). The van der Waals surface area contributed by atoms with Crippen molar-refractivity contribution in [3.8, 4) is 0 Å². The summed E-state index contributed by atoms with van der Waals surface area (Å²) in [7, 11) is 1.99. The van der Waals surface area contributed by atoms with Crippen molar-refractivity contribution in [2.24, 2.45) is 0 Å². The van der Waals surface area contributed by atoms with Crippen LogP contribution in [0, 0.1) is 0 Å². The van der Waals surface area contributed by atoms with Gasteiger partial charge < -0.3 is 5.32 Å². The van der Waals surface area contributed by atoms with Gasteiger partial charge in [0.25, 0.3) is 0 Å². The molecule has 0 heterocycles. The predicted octanol–water partition coefficient (Wildman–Crippen LogP) is 0.490. The molecule has 0 aromatic rings. The van der Waals surface area contributed by atoms with Crippen LogP contribution in [-0.2, 0) is 0 Å². The molecule has 0 spiro atoms. The van der Waals surface area contributed by atoms with E-state index >= 15 is 0 Å². The molecule has 3 nitrogen and oxygen atoms in total. The summed E-state index contributed by atoms with van der Waals surface area (Å²) >= 11 is 0. The molecule has 0 aliphatic heterocycles. The second-order valence-corrected chi connectivity index (χ2v) is 2.66. The van der Waals surface area contributed by atoms with E-state index in [0.29, 0.717) is 0 Å². The first kappa shape index (κ1) is 10.9. The molecule has 0 aliphatic carbocycles. The van der Waals surface area contributed by atoms with Gasteiger partial charge in [-0.3, -0.25) is 10.9 Å². The van der Waals surface area contributed by atoms with Gasteiger partial charge in [0.2, 0.25) is 0 Å². The maximum atomic E-state index is 3.17. The average molecular weight is 159 g/mol. The highest BCUT2D eigenvalue weighted by Crippen LogP contribution is 1.81. The molecule has 0 aromatic carbocycles. The van der Waals surface area contributed by atoms with Crippen LogP contribution in [0.4, 0.5) is 0 Å². The van der Waals surface area contributed by atoms with Gasteiger partial charge in [0, 0.05) is 13.1 Å². The van der Waals surface area contributed by atoms with Gasteiger partial charge in [-0.1, -0.05) is 6.92 Å². The smallest absolute Gasteiger partial charge is 0.0100 e. The molecule has 0 fully saturated rings. The molecule has 0 unspecified atom stereocenters. The maximum Gasteiger partial charge on any atom is 0.0100 e. The topological polar surface area (TPSA) is 36.1 Å². The number of unbranched alkanes of at least 4 members (excludes halogenated alkanes) is 1. The van der Waals surface area contributed by atoms with Crippen LogP contribution in [-0.4, -0.2) is 26.7 Å². The zero-order valence-electron chi connectivity index (χ0n) is 7.74. The quantitative estimate of drug-likeness (QED) is 0.356. The van der Waals surface area contributed by atoms with Gasteiger partial charge in [-0.15, -0.1) is 0 Å². The Balaban J connectivity index is 2.69. The summed E-state index contributed by atoms with van der Waals surface area (Å²) in [5, 5.41) is 3.12. The molecule has 0 radical (unpaired) electrons. The average Bonchev–Trinajstić information content (AvgIpc) is 2.03. The summed E-state index contributed by atoms with van der Waals surface area (Å²) in [6.45, 7) is 5.42. The minimum Gasteiger partial charge on any atom is -0.320 e. The SMILES string of the molecule is CCCNNCCCCNC. The van der Waals surface area contributed by atoms with E-state index in [2.05, 4.69) is 23.1 Å². The zero-order valence-corrected chi connectivity index (χ0v) is 7.74. The number of nitrogens with one attached hydrogen (secondary N) is 3. The van der Waals surface area contributed by atoms with E-state index < -0.39 is 0 Å². The predicted molar refractivity (Wildman–Crippen MR) is 49.5 cm³/mol. The Morgan fingerprint density at radius 2 is 1.55 bits per heavy atom. The molecular weight excluding hydrogens is 138 g/mol. The first-order valence-electron chi connectivity index (χ1n) is 4.52. The second-order valence-electron chi connectivity index (χ2n) is 2.66.